The number of benzene rings is 9. The van der Waals surface area contributed by atoms with Crippen LogP contribution in [0.1, 0.15) is 0 Å². The molecule has 0 bridgehead atoms. The maximum atomic E-state index is 5.40. The highest BCUT2D eigenvalue weighted by Gasteiger charge is 2.20. The zero-order valence-corrected chi connectivity index (χ0v) is 31.3. The Morgan fingerprint density at radius 1 is 0.293 bits per heavy atom. The van der Waals surface area contributed by atoms with Gasteiger partial charge in [-0.15, -0.1) is 0 Å². The molecule has 12 rings (SSSR count). The van der Waals surface area contributed by atoms with Gasteiger partial charge in [-0.1, -0.05) is 152 Å². The highest BCUT2D eigenvalue weighted by Crippen LogP contribution is 2.40. The third-order valence-electron chi connectivity index (χ3n) is 11.5. The Labute approximate surface area is 333 Å². The van der Waals surface area contributed by atoms with Gasteiger partial charge in [0.2, 0.25) is 5.95 Å². The molecule has 3 heterocycles. The summed E-state index contributed by atoms with van der Waals surface area (Å²) in [5.41, 5.74) is 9.45. The van der Waals surface area contributed by atoms with E-state index < -0.39 is 0 Å². The first-order valence-corrected chi connectivity index (χ1v) is 19.6. The van der Waals surface area contributed by atoms with Gasteiger partial charge in [0.05, 0.1) is 22.1 Å². The van der Waals surface area contributed by atoms with E-state index in [-0.39, 0.29) is 0 Å². The molecule has 5 heteroatoms. The van der Waals surface area contributed by atoms with E-state index in [0.717, 1.165) is 60.8 Å². The van der Waals surface area contributed by atoms with Crippen LogP contribution in [-0.2, 0) is 0 Å². The van der Waals surface area contributed by atoms with Crippen LogP contribution in [0, 0.1) is 0 Å². The van der Waals surface area contributed by atoms with Crippen molar-refractivity contribution in [2.24, 2.45) is 0 Å². The molecule has 3 aromatic heterocycles. The highest BCUT2D eigenvalue weighted by molar-refractivity contribution is 6.14. The van der Waals surface area contributed by atoms with Crippen LogP contribution in [0.4, 0.5) is 0 Å². The minimum Gasteiger partial charge on any atom is -0.309 e. The lowest BCUT2D eigenvalue weighted by Crippen LogP contribution is -2.07. The predicted octanol–water partition coefficient (Wildman–Crippen LogP) is 13.4. The molecule has 12 aromatic rings. The quantitative estimate of drug-likeness (QED) is 0.165. The molecular weight excluding hydrogens is 707 g/mol. The van der Waals surface area contributed by atoms with Gasteiger partial charge in [-0.3, -0.25) is 4.57 Å². The van der Waals surface area contributed by atoms with E-state index in [0.29, 0.717) is 17.6 Å². The fourth-order valence-corrected chi connectivity index (χ4v) is 8.97. The Morgan fingerprint density at radius 3 is 1.34 bits per heavy atom. The number of rotatable bonds is 5. The summed E-state index contributed by atoms with van der Waals surface area (Å²) >= 11 is 0. The first kappa shape index (κ1) is 32.4. The summed E-state index contributed by atoms with van der Waals surface area (Å²) in [7, 11) is 0. The van der Waals surface area contributed by atoms with Gasteiger partial charge in [0, 0.05) is 38.4 Å². The van der Waals surface area contributed by atoms with Gasteiger partial charge < -0.3 is 4.57 Å². The molecule has 0 saturated heterocycles. The monoisotopic (exact) mass is 739 g/mol. The lowest BCUT2D eigenvalue weighted by Gasteiger charge is -2.16. The number of hydrogen-bond donors (Lipinski definition) is 0. The molecule has 0 amide bonds. The van der Waals surface area contributed by atoms with Crippen LogP contribution in [-0.4, -0.2) is 24.1 Å². The van der Waals surface area contributed by atoms with Gasteiger partial charge in [0.15, 0.2) is 11.6 Å². The summed E-state index contributed by atoms with van der Waals surface area (Å²) < 4.78 is 4.56. The standard InChI is InChI=1S/C53H33N5/c1-2-16-34(17-3-1)51-54-52(56-53(55-51)58-49-28-14-10-24-44(49)45-25-11-15-29-50(45)58)37-30-36(46-33-35-18-4-5-19-39(35)40-20-6-7-21-41(40)46)31-38(32-37)57-47-26-12-8-22-42(47)43-23-9-13-27-48(43)57/h1-33H. The normalized spacial score (nSPS) is 11.8. The summed E-state index contributed by atoms with van der Waals surface area (Å²) in [4.78, 5) is 15.9. The second-order valence-corrected chi connectivity index (χ2v) is 14.8. The van der Waals surface area contributed by atoms with Gasteiger partial charge >= 0.3 is 0 Å². The van der Waals surface area contributed by atoms with Crippen molar-refractivity contribution in [2.75, 3.05) is 0 Å². The third kappa shape index (κ3) is 5.00. The van der Waals surface area contributed by atoms with Crippen LogP contribution >= 0.6 is 0 Å². The van der Waals surface area contributed by atoms with Gasteiger partial charge in [-0.05, 0) is 81.2 Å². The summed E-state index contributed by atoms with van der Waals surface area (Å²) in [5.74, 6) is 1.78. The molecule has 58 heavy (non-hydrogen) atoms. The maximum absolute atomic E-state index is 5.40. The second-order valence-electron chi connectivity index (χ2n) is 14.8. The molecule has 0 spiro atoms. The van der Waals surface area contributed by atoms with Gasteiger partial charge in [0.25, 0.3) is 0 Å². The van der Waals surface area contributed by atoms with Crippen molar-refractivity contribution in [2.45, 2.75) is 0 Å². The van der Waals surface area contributed by atoms with Gasteiger partial charge in [-0.25, -0.2) is 4.98 Å². The molecule has 270 valence electrons. The molecule has 9 aromatic carbocycles. The van der Waals surface area contributed by atoms with Gasteiger partial charge in [0.1, 0.15) is 0 Å². The fraction of sp³-hybridized carbons (Fsp3) is 0. The Morgan fingerprint density at radius 2 is 0.741 bits per heavy atom. The predicted molar refractivity (Wildman–Crippen MR) is 240 cm³/mol. The Kier molecular flexibility index (Phi) is 7.16. The summed E-state index contributed by atoms with van der Waals surface area (Å²) in [6.45, 7) is 0. The second kappa shape index (κ2) is 12.8. The van der Waals surface area contributed by atoms with Crippen LogP contribution in [0.5, 0.6) is 0 Å². The van der Waals surface area contributed by atoms with Crippen molar-refractivity contribution in [3.05, 3.63) is 200 Å². The number of aromatic nitrogens is 5. The molecule has 0 N–H and O–H groups in total. The zero-order valence-electron chi connectivity index (χ0n) is 31.3. The molecule has 5 nitrogen and oxygen atoms in total. The Hall–Kier alpha value is -7.89. The summed E-state index contributed by atoms with van der Waals surface area (Å²) in [5, 5.41) is 9.57. The topological polar surface area (TPSA) is 48.5 Å². The molecule has 0 atom stereocenters. The molecule has 0 unspecified atom stereocenters. The van der Waals surface area contributed by atoms with E-state index in [9.17, 15) is 0 Å². The molecule has 0 fully saturated rings. The first-order valence-electron chi connectivity index (χ1n) is 19.6. The van der Waals surface area contributed by atoms with Crippen LogP contribution in [0.3, 0.4) is 0 Å². The Bertz CT molecular complexity index is 3470. The van der Waals surface area contributed by atoms with Crippen molar-refractivity contribution in [3.8, 4) is 45.5 Å². The van der Waals surface area contributed by atoms with Gasteiger partial charge in [-0.2, -0.15) is 9.97 Å². The van der Waals surface area contributed by atoms with Crippen molar-refractivity contribution in [3.63, 3.8) is 0 Å². The van der Waals surface area contributed by atoms with E-state index in [2.05, 4.69) is 191 Å². The third-order valence-corrected chi connectivity index (χ3v) is 11.5. The lowest BCUT2D eigenvalue weighted by molar-refractivity contribution is 0.953. The van der Waals surface area contributed by atoms with E-state index in [4.69, 9.17) is 15.0 Å². The molecule has 0 aliphatic heterocycles. The molecule has 0 aliphatic carbocycles. The maximum Gasteiger partial charge on any atom is 0.238 e. The number of nitrogens with zero attached hydrogens (tertiary/aromatic N) is 5. The molecule has 0 saturated carbocycles. The van der Waals surface area contributed by atoms with Crippen LogP contribution in [0.25, 0.3) is 111 Å². The zero-order chi connectivity index (χ0) is 38.2. The van der Waals surface area contributed by atoms with Crippen molar-refractivity contribution in [1.29, 1.82) is 0 Å². The van der Waals surface area contributed by atoms with E-state index >= 15 is 0 Å². The number of para-hydroxylation sites is 4. The number of fused-ring (bicyclic) bond motifs is 9. The molecule has 0 aliphatic rings. The largest absolute Gasteiger partial charge is 0.309 e. The summed E-state index contributed by atoms with van der Waals surface area (Å²) in [6, 6.07) is 71.1. The van der Waals surface area contributed by atoms with E-state index in [1.165, 1.54) is 32.3 Å². The van der Waals surface area contributed by atoms with Crippen molar-refractivity contribution >= 4 is 65.2 Å². The van der Waals surface area contributed by atoms with E-state index in [1.807, 2.05) is 18.2 Å². The minimum absolute atomic E-state index is 0.571. The number of hydrogen-bond acceptors (Lipinski definition) is 3. The van der Waals surface area contributed by atoms with Crippen molar-refractivity contribution < 1.29 is 0 Å². The lowest BCUT2D eigenvalue weighted by atomic mass is 9.92. The average Bonchev–Trinajstić information content (AvgIpc) is 3.82. The molecular formula is C53H33N5. The first-order chi connectivity index (χ1) is 28.8. The fourth-order valence-electron chi connectivity index (χ4n) is 8.97. The van der Waals surface area contributed by atoms with Crippen LogP contribution in [0.2, 0.25) is 0 Å². The highest BCUT2D eigenvalue weighted by atomic mass is 15.2. The summed E-state index contributed by atoms with van der Waals surface area (Å²) in [6.07, 6.45) is 0. The van der Waals surface area contributed by atoms with Crippen LogP contribution < -0.4 is 0 Å². The smallest absolute Gasteiger partial charge is 0.238 e. The SMILES string of the molecule is c1ccc(-c2nc(-c3cc(-c4cc5ccccc5c5ccccc45)cc(-n4c5ccccc5c5ccccc54)c3)nc(-n3c4ccccc4c4ccccc43)n2)cc1. The Balaban J connectivity index is 1.19. The molecule has 0 radical (unpaired) electrons. The van der Waals surface area contributed by atoms with Crippen LogP contribution in [0.15, 0.2) is 200 Å². The average molecular weight is 740 g/mol. The van der Waals surface area contributed by atoms with E-state index in [1.54, 1.807) is 0 Å². The van der Waals surface area contributed by atoms with Crippen molar-refractivity contribution in [1.82, 2.24) is 24.1 Å². The minimum atomic E-state index is 0.571.